The van der Waals surface area contributed by atoms with Crippen molar-refractivity contribution in [3.63, 3.8) is 0 Å². The van der Waals surface area contributed by atoms with Gasteiger partial charge in [-0.3, -0.25) is 4.79 Å². The summed E-state index contributed by atoms with van der Waals surface area (Å²) in [6.45, 7) is 18.2. The van der Waals surface area contributed by atoms with Crippen molar-refractivity contribution in [1.82, 2.24) is 0 Å². The minimum absolute atomic E-state index is 0.0581. The number of cyclic esters (lactones) is 1. The van der Waals surface area contributed by atoms with Crippen LogP contribution < -0.4 is 0 Å². The molecule has 0 aromatic carbocycles. The average molecular weight is 317 g/mol. The van der Waals surface area contributed by atoms with Crippen LogP contribution in [0.2, 0.25) is 18.1 Å². The zero-order valence-electron chi connectivity index (χ0n) is 15.0. The van der Waals surface area contributed by atoms with Gasteiger partial charge in [-0.05, 0) is 38.9 Å². The fourth-order valence-electron chi connectivity index (χ4n) is 2.88. The van der Waals surface area contributed by atoms with Crippen molar-refractivity contribution in [1.29, 1.82) is 0 Å². The molecule has 1 N–H and O–H groups in total. The maximum Gasteiger partial charge on any atom is 0.312 e. The zero-order valence-corrected chi connectivity index (χ0v) is 16.0. The molecule has 0 aliphatic carbocycles. The lowest BCUT2D eigenvalue weighted by molar-refractivity contribution is -0.151. The Morgan fingerprint density at radius 3 is 2.05 bits per heavy atom. The molecule has 0 saturated carbocycles. The van der Waals surface area contributed by atoms with E-state index >= 15 is 0 Å². The average Bonchev–Trinajstić information content (AvgIpc) is 2.50. The number of carbonyl (C=O) groups excluding carboxylic acids is 1. The maximum atomic E-state index is 12.1. The van der Waals surface area contributed by atoms with Gasteiger partial charge in [-0.2, -0.15) is 0 Å². The molecule has 1 fully saturated rings. The van der Waals surface area contributed by atoms with E-state index in [9.17, 15) is 9.90 Å². The summed E-state index contributed by atoms with van der Waals surface area (Å²) in [5.74, 6) is -0.865. The number of carbonyl (C=O) groups is 1. The third kappa shape index (κ3) is 3.87. The van der Waals surface area contributed by atoms with E-state index in [0.29, 0.717) is 0 Å². The lowest BCUT2D eigenvalue weighted by atomic mass is 9.80. The van der Waals surface area contributed by atoms with Crippen molar-refractivity contribution in [3.05, 3.63) is 0 Å². The summed E-state index contributed by atoms with van der Waals surface area (Å²) in [6, 6.07) is 0. The van der Waals surface area contributed by atoms with Crippen LogP contribution in [0.25, 0.3) is 0 Å². The Labute approximate surface area is 130 Å². The molecule has 1 unspecified atom stereocenters. The predicted molar refractivity (Wildman–Crippen MR) is 86.6 cm³/mol. The van der Waals surface area contributed by atoms with Crippen molar-refractivity contribution >= 4 is 14.3 Å². The first kappa shape index (κ1) is 18.7. The minimum Gasteiger partial charge on any atom is -0.459 e. The first-order valence-electron chi connectivity index (χ1n) is 7.79. The van der Waals surface area contributed by atoms with Gasteiger partial charge in [0.05, 0.1) is 17.6 Å². The summed E-state index contributed by atoms with van der Waals surface area (Å²) in [5.41, 5.74) is -1.07. The van der Waals surface area contributed by atoms with Crippen molar-refractivity contribution in [2.75, 3.05) is 0 Å². The summed E-state index contributed by atoms with van der Waals surface area (Å²) in [5, 5.41) is 10.3. The molecule has 0 bridgehead atoms. The van der Waals surface area contributed by atoms with Crippen LogP contribution in [0.4, 0.5) is 0 Å². The minimum atomic E-state index is -1.91. The van der Waals surface area contributed by atoms with Crippen LogP contribution >= 0.6 is 0 Å². The van der Waals surface area contributed by atoms with Gasteiger partial charge in [0, 0.05) is 5.92 Å². The molecule has 0 spiro atoms. The lowest BCUT2D eigenvalue weighted by Crippen LogP contribution is -2.47. The van der Waals surface area contributed by atoms with Crippen molar-refractivity contribution < 1.29 is 19.1 Å². The van der Waals surface area contributed by atoms with E-state index in [1.165, 1.54) is 0 Å². The second-order valence-corrected chi connectivity index (χ2v) is 13.2. The summed E-state index contributed by atoms with van der Waals surface area (Å²) in [7, 11) is -1.91. The number of aliphatic hydroxyl groups is 1. The SMILES string of the molecule is C[C@H](O[Si](C)(C)C(C)(C)C)[C@@H]1OC(=O)C(C(C)(C)O)[C@@H]1C. The standard InChI is InChI=1S/C16H32O4Si/c1-10-12(16(6,7)18)14(17)19-13(10)11(2)20-21(8,9)15(3,4)5/h10-13,18H,1-9H3/t10-,11-,12?,13+/m0/s1. The molecule has 1 heterocycles. The largest absolute Gasteiger partial charge is 0.459 e. The molecule has 5 heteroatoms. The number of hydrogen-bond donors (Lipinski definition) is 1. The fraction of sp³-hybridized carbons (Fsp3) is 0.938. The van der Waals surface area contributed by atoms with Gasteiger partial charge in [0.1, 0.15) is 6.10 Å². The van der Waals surface area contributed by atoms with Crippen molar-refractivity contribution in [2.45, 2.75) is 84.4 Å². The van der Waals surface area contributed by atoms with Gasteiger partial charge >= 0.3 is 5.97 Å². The smallest absolute Gasteiger partial charge is 0.312 e. The van der Waals surface area contributed by atoms with Crippen LogP contribution in [0.5, 0.6) is 0 Å². The molecule has 0 radical (unpaired) electrons. The topological polar surface area (TPSA) is 55.8 Å². The Morgan fingerprint density at radius 2 is 1.71 bits per heavy atom. The van der Waals surface area contributed by atoms with Crippen LogP contribution in [0.1, 0.15) is 48.5 Å². The van der Waals surface area contributed by atoms with Gasteiger partial charge in [-0.15, -0.1) is 0 Å². The second-order valence-electron chi connectivity index (χ2n) is 8.48. The van der Waals surface area contributed by atoms with Crippen LogP contribution in [0.15, 0.2) is 0 Å². The van der Waals surface area contributed by atoms with Crippen LogP contribution in [-0.4, -0.2) is 37.2 Å². The molecule has 0 aromatic heterocycles. The van der Waals surface area contributed by atoms with Gasteiger partial charge in [0.2, 0.25) is 0 Å². The lowest BCUT2D eigenvalue weighted by Gasteiger charge is -2.40. The Bertz CT molecular complexity index is 392. The monoisotopic (exact) mass is 316 g/mol. The van der Waals surface area contributed by atoms with E-state index in [4.69, 9.17) is 9.16 Å². The van der Waals surface area contributed by atoms with Crippen molar-refractivity contribution in [2.24, 2.45) is 11.8 Å². The number of rotatable bonds is 4. The normalized spacial score (nSPS) is 29.4. The predicted octanol–water partition coefficient (Wildman–Crippen LogP) is 3.35. The van der Waals surface area contributed by atoms with Gasteiger partial charge in [-0.1, -0.05) is 27.7 Å². The zero-order chi connectivity index (χ0) is 16.8. The first-order chi connectivity index (χ1) is 9.18. The van der Waals surface area contributed by atoms with E-state index in [0.717, 1.165) is 0 Å². The highest BCUT2D eigenvalue weighted by Gasteiger charge is 2.52. The highest BCUT2D eigenvalue weighted by Crippen LogP contribution is 2.41. The highest BCUT2D eigenvalue weighted by atomic mass is 28.4. The number of hydrogen-bond acceptors (Lipinski definition) is 4. The van der Waals surface area contributed by atoms with Gasteiger partial charge < -0.3 is 14.3 Å². The Kier molecular flexibility index (Phi) is 5.04. The molecule has 1 aliphatic heterocycles. The van der Waals surface area contributed by atoms with Gasteiger partial charge in [-0.25, -0.2) is 0 Å². The molecular weight excluding hydrogens is 284 g/mol. The molecule has 4 atom stereocenters. The molecule has 0 aromatic rings. The molecule has 0 amide bonds. The first-order valence-corrected chi connectivity index (χ1v) is 10.7. The summed E-state index contributed by atoms with van der Waals surface area (Å²) >= 11 is 0. The van der Waals surface area contributed by atoms with E-state index in [-0.39, 0.29) is 29.1 Å². The fourth-order valence-corrected chi connectivity index (χ4v) is 4.30. The third-order valence-electron chi connectivity index (χ3n) is 5.06. The Balaban J connectivity index is 2.86. The van der Waals surface area contributed by atoms with Crippen LogP contribution in [0.3, 0.4) is 0 Å². The van der Waals surface area contributed by atoms with E-state index < -0.39 is 19.8 Å². The Hall–Kier alpha value is -0.393. The number of esters is 1. The summed E-state index contributed by atoms with van der Waals surface area (Å²) < 4.78 is 11.9. The van der Waals surface area contributed by atoms with E-state index in [1.54, 1.807) is 13.8 Å². The van der Waals surface area contributed by atoms with Crippen LogP contribution in [-0.2, 0) is 14.0 Å². The van der Waals surface area contributed by atoms with E-state index in [1.807, 2.05) is 13.8 Å². The molecule has 1 aliphatic rings. The molecular formula is C16H32O4Si. The summed E-state index contributed by atoms with van der Waals surface area (Å²) in [6.07, 6.45) is -0.444. The molecule has 4 nitrogen and oxygen atoms in total. The van der Waals surface area contributed by atoms with Gasteiger partial charge in [0.15, 0.2) is 8.32 Å². The Morgan fingerprint density at radius 1 is 1.24 bits per heavy atom. The molecule has 124 valence electrons. The molecule has 21 heavy (non-hydrogen) atoms. The van der Waals surface area contributed by atoms with E-state index in [2.05, 4.69) is 33.9 Å². The van der Waals surface area contributed by atoms with Crippen molar-refractivity contribution in [3.8, 4) is 0 Å². The molecule has 1 rings (SSSR count). The summed E-state index contributed by atoms with van der Waals surface area (Å²) in [4.78, 5) is 12.1. The van der Waals surface area contributed by atoms with Crippen LogP contribution in [0, 0.1) is 11.8 Å². The second kappa shape index (κ2) is 5.67. The highest BCUT2D eigenvalue weighted by molar-refractivity contribution is 6.74. The number of ether oxygens (including phenoxy) is 1. The molecule has 1 saturated heterocycles. The van der Waals surface area contributed by atoms with Gasteiger partial charge in [0.25, 0.3) is 0 Å². The third-order valence-corrected chi connectivity index (χ3v) is 9.63. The maximum absolute atomic E-state index is 12.1. The quantitative estimate of drug-likeness (QED) is 0.638.